The molecule has 2 aromatic rings. The van der Waals surface area contributed by atoms with Gasteiger partial charge in [0.05, 0.1) is 5.60 Å². The first kappa shape index (κ1) is 11.3. The van der Waals surface area contributed by atoms with Gasteiger partial charge in [0.1, 0.15) is 5.75 Å². The van der Waals surface area contributed by atoms with Crippen molar-refractivity contribution in [1.82, 2.24) is 0 Å². The molecule has 0 aromatic heterocycles. The lowest BCUT2D eigenvalue weighted by Gasteiger charge is -2.24. The number of aliphatic hydroxyl groups is 1. The molecular weight excluding hydrogens is 224 g/mol. The van der Waals surface area contributed by atoms with Crippen molar-refractivity contribution in [3.8, 4) is 5.75 Å². The Balaban J connectivity index is 1.94. The monoisotopic (exact) mass is 240 g/mol. The van der Waals surface area contributed by atoms with E-state index in [1.807, 2.05) is 30.3 Å². The highest BCUT2D eigenvalue weighted by atomic mass is 16.3. The Morgan fingerprint density at radius 2 is 1.89 bits per heavy atom. The predicted octanol–water partition coefficient (Wildman–Crippen LogP) is 2.77. The summed E-state index contributed by atoms with van der Waals surface area (Å²) in [5.41, 5.74) is 2.45. The molecule has 0 fully saturated rings. The molecule has 0 saturated carbocycles. The van der Waals surface area contributed by atoms with Crippen LogP contribution in [0.25, 0.3) is 0 Å². The minimum atomic E-state index is -0.787. The fourth-order valence-corrected chi connectivity index (χ4v) is 2.86. The third kappa shape index (κ3) is 1.89. The molecule has 1 aliphatic carbocycles. The van der Waals surface area contributed by atoms with Crippen molar-refractivity contribution < 1.29 is 10.2 Å². The lowest BCUT2D eigenvalue weighted by molar-refractivity contribution is 0.0389. The third-order valence-corrected chi connectivity index (χ3v) is 3.73. The minimum Gasteiger partial charge on any atom is -0.508 e. The van der Waals surface area contributed by atoms with Crippen LogP contribution >= 0.6 is 0 Å². The molecule has 0 amide bonds. The Bertz CT molecular complexity index is 577. The van der Waals surface area contributed by atoms with Crippen LogP contribution < -0.4 is 0 Å². The molecule has 0 bridgehead atoms. The fourth-order valence-electron chi connectivity index (χ4n) is 2.86. The zero-order valence-electron chi connectivity index (χ0n) is 10.1. The molecule has 1 atom stereocenters. The number of hydrogen-bond donors (Lipinski definition) is 2. The van der Waals surface area contributed by atoms with E-state index in [1.54, 1.807) is 12.1 Å². The van der Waals surface area contributed by atoms with Crippen molar-refractivity contribution in [3.63, 3.8) is 0 Å². The summed E-state index contributed by atoms with van der Waals surface area (Å²) in [6.45, 7) is 0. The van der Waals surface area contributed by atoms with Gasteiger partial charge in [-0.15, -0.1) is 0 Å². The standard InChI is InChI=1S/C16H16O2/c17-14-6-3-4-12(10-14)11-16(18)9-8-13-5-1-2-7-15(13)16/h1-7,10,17-18H,8-9,11H2. The lowest BCUT2D eigenvalue weighted by Crippen LogP contribution is -2.25. The summed E-state index contributed by atoms with van der Waals surface area (Å²) in [7, 11) is 0. The molecule has 2 heteroatoms. The normalized spacial score (nSPS) is 21.8. The van der Waals surface area contributed by atoms with Crippen molar-refractivity contribution >= 4 is 0 Å². The zero-order valence-corrected chi connectivity index (χ0v) is 10.1. The number of fused-ring (bicyclic) bond motifs is 1. The fraction of sp³-hybridized carbons (Fsp3) is 0.250. The molecular formula is C16H16O2. The van der Waals surface area contributed by atoms with Gasteiger partial charge in [0.15, 0.2) is 0 Å². The van der Waals surface area contributed by atoms with Crippen molar-refractivity contribution in [2.45, 2.75) is 24.9 Å². The van der Waals surface area contributed by atoms with E-state index >= 15 is 0 Å². The molecule has 92 valence electrons. The first-order chi connectivity index (χ1) is 8.67. The van der Waals surface area contributed by atoms with E-state index in [0.717, 1.165) is 24.0 Å². The van der Waals surface area contributed by atoms with Gasteiger partial charge in [0.25, 0.3) is 0 Å². The van der Waals surface area contributed by atoms with Crippen LogP contribution in [-0.2, 0) is 18.4 Å². The maximum atomic E-state index is 10.8. The highest BCUT2D eigenvalue weighted by molar-refractivity contribution is 5.39. The second-order valence-corrected chi connectivity index (χ2v) is 5.04. The van der Waals surface area contributed by atoms with Gasteiger partial charge in [0.2, 0.25) is 0 Å². The molecule has 0 heterocycles. The van der Waals surface area contributed by atoms with Gasteiger partial charge in [-0.05, 0) is 41.7 Å². The first-order valence-electron chi connectivity index (χ1n) is 6.26. The summed E-state index contributed by atoms with van der Waals surface area (Å²) in [6, 6.07) is 15.2. The van der Waals surface area contributed by atoms with E-state index in [4.69, 9.17) is 0 Å². The van der Waals surface area contributed by atoms with Gasteiger partial charge in [-0.1, -0.05) is 36.4 Å². The Morgan fingerprint density at radius 3 is 2.72 bits per heavy atom. The topological polar surface area (TPSA) is 40.5 Å². The zero-order chi connectivity index (χ0) is 12.6. The molecule has 18 heavy (non-hydrogen) atoms. The van der Waals surface area contributed by atoms with E-state index < -0.39 is 5.60 Å². The van der Waals surface area contributed by atoms with Crippen LogP contribution in [0.15, 0.2) is 48.5 Å². The maximum absolute atomic E-state index is 10.8. The number of benzene rings is 2. The highest BCUT2D eigenvalue weighted by Gasteiger charge is 2.36. The molecule has 1 unspecified atom stereocenters. The Kier molecular flexibility index (Phi) is 2.60. The molecule has 0 aliphatic heterocycles. The van der Waals surface area contributed by atoms with E-state index in [1.165, 1.54) is 5.56 Å². The predicted molar refractivity (Wildman–Crippen MR) is 70.5 cm³/mol. The number of phenolic OH excluding ortho intramolecular Hbond substituents is 1. The summed E-state index contributed by atoms with van der Waals surface area (Å²) in [5.74, 6) is 0.252. The average molecular weight is 240 g/mol. The van der Waals surface area contributed by atoms with Gasteiger partial charge in [0, 0.05) is 6.42 Å². The third-order valence-electron chi connectivity index (χ3n) is 3.73. The van der Waals surface area contributed by atoms with Crippen molar-refractivity contribution in [2.75, 3.05) is 0 Å². The average Bonchev–Trinajstić information content (AvgIpc) is 2.68. The molecule has 0 saturated heterocycles. The molecule has 2 nitrogen and oxygen atoms in total. The molecule has 0 radical (unpaired) electrons. The molecule has 3 rings (SSSR count). The number of aromatic hydroxyl groups is 1. The number of rotatable bonds is 2. The first-order valence-corrected chi connectivity index (χ1v) is 6.26. The minimum absolute atomic E-state index is 0.252. The van der Waals surface area contributed by atoms with Crippen molar-refractivity contribution in [2.24, 2.45) is 0 Å². The highest BCUT2D eigenvalue weighted by Crippen LogP contribution is 2.39. The number of aryl methyl sites for hydroxylation is 1. The van der Waals surface area contributed by atoms with Crippen LogP contribution in [-0.4, -0.2) is 10.2 Å². The van der Waals surface area contributed by atoms with Crippen LogP contribution in [0.2, 0.25) is 0 Å². The quantitative estimate of drug-likeness (QED) is 0.847. The molecule has 0 spiro atoms. The molecule has 2 N–H and O–H groups in total. The van der Waals surface area contributed by atoms with Crippen LogP contribution in [0.3, 0.4) is 0 Å². The van der Waals surface area contributed by atoms with E-state index in [0.29, 0.717) is 6.42 Å². The maximum Gasteiger partial charge on any atom is 0.115 e. The Labute approximate surface area is 107 Å². The SMILES string of the molecule is Oc1cccc(CC2(O)CCc3ccccc32)c1. The Hall–Kier alpha value is -1.80. The van der Waals surface area contributed by atoms with Crippen LogP contribution in [0, 0.1) is 0 Å². The largest absolute Gasteiger partial charge is 0.508 e. The second kappa shape index (κ2) is 4.14. The van der Waals surface area contributed by atoms with E-state index in [2.05, 4.69) is 6.07 Å². The van der Waals surface area contributed by atoms with Gasteiger partial charge in [-0.3, -0.25) is 0 Å². The van der Waals surface area contributed by atoms with Gasteiger partial charge in [-0.2, -0.15) is 0 Å². The lowest BCUT2D eigenvalue weighted by atomic mass is 9.89. The van der Waals surface area contributed by atoms with Crippen LogP contribution in [0.5, 0.6) is 5.75 Å². The summed E-state index contributed by atoms with van der Waals surface area (Å²) in [6.07, 6.45) is 2.23. The summed E-state index contributed by atoms with van der Waals surface area (Å²) in [4.78, 5) is 0. The smallest absolute Gasteiger partial charge is 0.115 e. The van der Waals surface area contributed by atoms with Crippen LogP contribution in [0.1, 0.15) is 23.1 Å². The summed E-state index contributed by atoms with van der Waals surface area (Å²) in [5, 5.41) is 20.3. The van der Waals surface area contributed by atoms with Crippen molar-refractivity contribution in [1.29, 1.82) is 0 Å². The molecule has 2 aromatic carbocycles. The van der Waals surface area contributed by atoms with Gasteiger partial charge >= 0.3 is 0 Å². The Morgan fingerprint density at radius 1 is 1.06 bits per heavy atom. The number of hydrogen-bond acceptors (Lipinski definition) is 2. The number of phenols is 1. The molecule has 1 aliphatic rings. The van der Waals surface area contributed by atoms with E-state index in [-0.39, 0.29) is 5.75 Å². The van der Waals surface area contributed by atoms with E-state index in [9.17, 15) is 10.2 Å². The van der Waals surface area contributed by atoms with Crippen molar-refractivity contribution in [3.05, 3.63) is 65.2 Å². The van der Waals surface area contributed by atoms with Gasteiger partial charge < -0.3 is 10.2 Å². The summed E-state index contributed by atoms with van der Waals surface area (Å²) >= 11 is 0. The second-order valence-electron chi connectivity index (χ2n) is 5.04. The van der Waals surface area contributed by atoms with Gasteiger partial charge in [-0.25, -0.2) is 0 Å². The van der Waals surface area contributed by atoms with Crippen LogP contribution in [0.4, 0.5) is 0 Å². The summed E-state index contributed by atoms with van der Waals surface area (Å²) < 4.78 is 0.